The van der Waals surface area contributed by atoms with Gasteiger partial charge in [0.2, 0.25) is 0 Å². The van der Waals surface area contributed by atoms with Crippen molar-refractivity contribution in [1.29, 1.82) is 0 Å². The zero-order valence-corrected chi connectivity index (χ0v) is 18.6. The number of aryl methyl sites for hydroxylation is 1. The first-order chi connectivity index (χ1) is 13.8. The van der Waals surface area contributed by atoms with E-state index in [1.54, 1.807) is 25.3 Å². The second kappa shape index (κ2) is 8.49. The van der Waals surface area contributed by atoms with Crippen molar-refractivity contribution in [3.8, 4) is 5.75 Å². The molecule has 0 amide bonds. The van der Waals surface area contributed by atoms with Gasteiger partial charge in [-0.15, -0.1) is 0 Å². The number of methoxy groups -OCH3 is 1. The van der Waals surface area contributed by atoms with Crippen molar-refractivity contribution in [2.45, 2.75) is 63.4 Å². The van der Waals surface area contributed by atoms with E-state index in [1.165, 1.54) is 0 Å². The minimum atomic E-state index is -3.55. The third-order valence-electron chi connectivity index (χ3n) is 6.44. The molecule has 0 aliphatic carbocycles. The number of sulfone groups is 1. The highest BCUT2D eigenvalue weighted by Crippen LogP contribution is 2.49. The van der Waals surface area contributed by atoms with Crippen molar-refractivity contribution in [3.63, 3.8) is 0 Å². The summed E-state index contributed by atoms with van der Waals surface area (Å²) in [6.45, 7) is 6.11. The standard InChI is InChI=1S/C24H32O4S/c1-5-7-13-24(6-2)16-29(26,27)21-12-11-19(28-4)15-20(21)22(23(24)25)18-10-8-9-17(3)14-18/h8-12,14-15,22-23,25H,5-7,13,16H2,1-4H3/t22-,23?,24+/m0/s1. The number of ether oxygens (including phenoxy) is 1. The van der Waals surface area contributed by atoms with Crippen LogP contribution < -0.4 is 4.74 Å². The first kappa shape index (κ1) is 21.8. The van der Waals surface area contributed by atoms with Crippen molar-refractivity contribution in [3.05, 3.63) is 59.2 Å². The summed E-state index contributed by atoms with van der Waals surface area (Å²) in [7, 11) is -1.98. The first-order valence-electron chi connectivity index (χ1n) is 10.4. The number of hydrogen-bond acceptors (Lipinski definition) is 4. The molecule has 1 heterocycles. The van der Waals surface area contributed by atoms with E-state index in [0.717, 1.165) is 24.0 Å². The molecule has 1 N–H and O–H groups in total. The molecule has 1 aliphatic rings. The Balaban J connectivity index is 2.31. The van der Waals surface area contributed by atoms with Crippen LogP contribution in [0.3, 0.4) is 0 Å². The summed E-state index contributed by atoms with van der Waals surface area (Å²) in [5.74, 6) is 0.148. The van der Waals surface area contributed by atoms with Crippen LogP contribution in [-0.4, -0.2) is 32.5 Å². The number of aliphatic hydroxyl groups is 1. The Labute approximate surface area is 174 Å². The monoisotopic (exact) mass is 416 g/mol. The lowest BCUT2D eigenvalue weighted by Gasteiger charge is -2.39. The fourth-order valence-corrected chi connectivity index (χ4v) is 6.96. The minimum Gasteiger partial charge on any atom is -0.497 e. The van der Waals surface area contributed by atoms with Crippen LogP contribution in [0.25, 0.3) is 0 Å². The number of hydrogen-bond donors (Lipinski definition) is 1. The van der Waals surface area contributed by atoms with Gasteiger partial charge in [-0.05, 0) is 49.1 Å². The Bertz CT molecular complexity index is 967. The van der Waals surface area contributed by atoms with E-state index in [-0.39, 0.29) is 5.75 Å². The fourth-order valence-electron chi connectivity index (χ4n) is 4.71. The van der Waals surface area contributed by atoms with Crippen molar-refractivity contribution >= 4 is 9.84 Å². The summed E-state index contributed by atoms with van der Waals surface area (Å²) in [6, 6.07) is 13.1. The van der Waals surface area contributed by atoms with Crippen molar-refractivity contribution in [2.75, 3.05) is 12.9 Å². The van der Waals surface area contributed by atoms with Gasteiger partial charge in [-0.2, -0.15) is 0 Å². The molecule has 2 aromatic rings. The molecule has 1 aliphatic heterocycles. The third-order valence-corrected chi connectivity index (χ3v) is 8.44. The average molecular weight is 417 g/mol. The lowest BCUT2D eigenvalue weighted by Crippen LogP contribution is -2.42. The van der Waals surface area contributed by atoms with Gasteiger partial charge in [-0.25, -0.2) is 8.42 Å². The number of unbranched alkanes of at least 4 members (excludes halogenated alkanes) is 1. The summed E-state index contributed by atoms with van der Waals surface area (Å²) < 4.78 is 32.3. The molecule has 0 bridgehead atoms. The number of fused-ring (bicyclic) bond motifs is 1. The van der Waals surface area contributed by atoms with Gasteiger partial charge < -0.3 is 9.84 Å². The van der Waals surface area contributed by atoms with Crippen molar-refractivity contribution in [1.82, 2.24) is 0 Å². The zero-order chi connectivity index (χ0) is 21.2. The lowest BCUT2D eigenvalue weighted by atomic mass is 9.69. The number of benzene rings is 2. The quantitative estimate of drug-likeness (QED) is 0.730. The summed E-state index contributed by atoms with van der Waals surface area (Å²) >= 11 is 0. The van der Waals surface area contributed by atoms with Crippen LogP contribution in [0, 0.1) is 12.3 Å². The molecule has 0 fully saturated rings. The van der Waals surface area contributed by atoms with E-state index in [1.807, 2.05) is 32.0 Å². The maximum atomic E-state index is 13.5. The molecule has 0 spiro atoms. The fraction of sp³-hybridized carbons (Fsp3) is 0.500. The summed E-state index contributed by atoms with van der Waals surface area (Å²) in [4.78, 5) is 0.315. The Kier molecular flexibility index (Phi) is 6.39. The largest absolute Gasteiger partial charge is 0.497 e. The SMILES string of the molecule is CCCC[C@]1(CC)CS(=O)(=O)c2ccc(OC)cc2[C@H](c2cccc(C)c2)C1O. The molecule has 29 heavy (non-hydrogen) atoms. The van der Waals surface area contributed by atoms with Gasteiger partial charge in [0.05, 0.1) is 23.9 Å². The molecule has 158 valence electrons. The molecule has 2 aromatic carbocycles. The van der Waals surface area contributed by atoms with Crippen LogP contribution in [0.5, 0.6) is 5.75 Å². The highest BCUT2D eigenvalue weighted by Gasteiger charge is 2.48. The van der Waals surface area contributed by atoms with Crippen LogP contribution in [-0.2, 0) is 9.84 Å². The molecule has 5 heteroatoms. The highest BCUT2D eigenvalue weighted by molar-refractivity contribution is 7.91. The normalized spacial score (nSPS) is 25.8. The Hall–Kier alpha value is -1.85. The molecule has 4 nitrogen and oxygen atoms in total. The van der Waals surface area contributed by atoms with Gasteiger partial charge >= 0.3 is 0 Å². The van der Waals surface area contributed by atoms with E-state index < -0.39 is 27.3 Å². The molecule has 0 radical (unpaired) electrons. The second-order valence-electron chi connectivity index (χ2n) is 8.32. The molecule has 3 rings (SSSR count). The van der Waals surface area contributed by atoms with Gasteiger partial charge in [0.15, 0.2) is 9.84 Å². The van der Waals surface area contributed by atoms with E-state index in [0.29, 0.717) is 29.1 Å². The Morgan fingerprint density at radius 2 is 1.93 bits per heavy atom. The van der Waals surface area contributed by atoms with Gasteiger partial charge in [0, 0.05) is 11.3 Å². The molecule has 3 atom stereocenters. The topological polar surface area (TPSA) is 63.6 Å². The van der Waals surface area contributed by atoms with Crippen LogP contribution in [0.15, 0.2) is 47.4 Å². The molecule has 0 aromatic heterocycles. The van der Waals surface area contributed by atoms with Gasteiger partial charge in [-0.3, -0.25) is 0 Å². The summed E-state index contributed by atoms with van der Waals surface area (Å²) in [5.41, 5.74) is 1.98. The van der Waals surface area contributed by atoms with E-state index in [4.69, 9.17) is 4.74 Å². The van der Waals surface area contributed by atoms with Gasteiger partial charge in [0.25, 0.3) is 0 Å². The van der Waals surface area contributed by atoms with E-state index >= 15 is 0 Å². The predicted molar refractivity (Wildman–Crippen MR) is 116 cm³/mol. The van der Waals surface area contributed by atoms with E-state index in [2.05, 4.69) is 13.0 Å². The van der Waals surface area contributed by atoms with Gasteiger partial charge in [0.1, 0.15) is 5.75 Å². The number of aliphatic hydroxyl groups excluding tert-OH is 1. The lowest BCUT2D eigenvalue weighted by molar-refractivity contribution is 0.0174. The molecular weight excluding hydrogens is 384 g/mol. The van der Waals surface area contributed by atoms with Crippen molar-refractivity contribution < 1.29 is 18.3 Å². The summed E-state index contributed by atoms with van der Waals surface area (Å²) in [6.07, 6.45) is 2.35. The molecule has 0 saturated heterocycles. The maximum absolute atomic E-state index is 13.5. The smallest absolute Gasteiger partial charge is 0.179 e. The van der Waals surface area contributed by atoms with Crippen LogP contribution in [0.4, 0.5) is 0 Å². The predicted octanol–water partition coefficient (Wildman–Crippen LogP) is 4.87. The van der Waals surface area contributed by atoms with Crippen LogP contribution in [0.1, 0.15) is 62.1 Å². The van der Waals surface area contributed by atoms with Crippen LogP contribution >= 0.6 is 0 Å². The zero-order valence-electron chi connectivity index (χ0n) is 17.8. The molecular formula is C24H32O4S. The molecule has 0 saturated carbocycles. The maximum Gasteiger partial charge on any atom is 0.179 e. The number of rotatable bonds is 6. The highest BCUT2D eigenvalue weighted by atomic mass is 32.2. The summed E-state index contributed by atoms with van der Waals surface area (Å²) in [5, 5.41) is 11.8. The Morgan fingerprint density at radius 1 is 1.17 bits per heavy atom. The third kappa shape index (κ3) is 4.08. The average Bonchev–Trinajstić information content (AvgIpc) is 2.77. The molecule has 1 unspecified atom stereocenters. The van der Waals surface area contributed by atoms with Crippen LogP contribution in [0.2, 0.25) is 0 Å². The van der Waals surface area contributed by atoms with E-state index in [9.17, 15) is 13.5 Å². The Morgan fingerprint density at radius 3 is 2.55 bits per heavy atom. The second-order valence-corrected chi connectivity index (χ2v) is 10.3. The van der Waals surface area contributed by atoms with Crippen molar-refractivity contribution in [2.24, 2.45) is 5.41 Å². The first-order valence-corrected chi connectivity index (χ1v) is 12.1. The minimum absolute atomic E-state index is 0.0285. The van der Waals surface area contributed by atoms with Gasteiger partial charge in [-0.1, -0.05) is 56.5 Å².